The van der Waals surface area contributed by atoms with Crippen LogP contribution in [0.4, 0.5) is 5.69 Å². The molecule has 0 saturated carbocycles. The van der Waals surface area contributed by atoms with E-state index in [1.807, 2.05) is 32.0 Å². The Morgan fingerprint density at radius 3 is 2.46 bits per heavy atom. The summed E-state index contributed by atoms with van der Waals surface area (Å²) in [5.41, 5.74) is 3.75. The summed E-state index contributed by atoms with van der Waals surface area (Å²) in [5.74, 6) is -0.304. The highest BCUT2D eigenvalue weighted by atomic mass is 35.5. The van der Waals surface area contributed by atoms with E-state index < -0.39 is 10.0 Å². The van der Waals surface area contributed by atoms with Crippen LogP contribution in [0.3, 0.4) is 0 Å². The summed E-state index contributed by atoms with van der Waals surface area (Å²) >= 11 is 5.95. The van der Waals surface area contributed by atoms with Crippen LogP contribution in [0.5, 0.6) is 0 Å². The zero-order valence-electron chi connectivity index (χ0n) is 16.1. The highest BCUT2D eigenvalue weighted by molar-refractivity contribution is 7.88. The molecule has 3 rings (SSSR count). The van der Waals surface area contributed by atoms with E-state index in [0.717, 1.165) is 11.3 Å². The number of hydrogen-bond acceptors (Lipinski definition) is 3. The summed E-state index contributed by atoms with van der Waals surface area (Å²) in [6, 6.07) is 12.7. The minimum absolute atomic E-state index is 0.0462. The van der Waals surface area contributed by atoms with Gasteiger partial charge in [-0.05, 0) is 67.6 Å². The van der Waals surface area contributed by atoms with Gasteiger partial charge in [0.2, 0.25) is 15.9 Å². The standard InChI is InChI=1S/C21H25ClN2O3S/c1-15-6-7-20(12-16(15)2)23-21(25)18-8-10-24(11-9-18)28(26,27)14-17-4-3-5-19(22)13-17/h3-7,12-13,18H,8-11,14H2,1-2H3,(H,23,25). The van der Waals surface area contributed by atoms with Crippen molar-refractivity contribution in [1.29, 1.82) is 0 Å². The largest absolute Gasteiger partial charge is 0.326 e. The van der Waals surface area contributed by atoms with Crippen molar-refractivity contribution in [3.05, 3.63) is 64.2 Å². The van der Waals surface area contributed by atoms with Gasteiger partial charge in [-0.3, -0.25) is 4.79 Å². The molecule has 1 aliphatic heterocycles. The van der Waals surface area contributed by atoms with Crippen LogP contribution < -0.4 is 5.32 Å². The third-order valence-corrected chi connectivity index (χ3v) is 7.32. The van der Waals surface area contributed by atoms with Crippen molar-refractivity contribution in [1.82, 2.24) is 4.31 Å². The average Bonchev–Trinajstić information content (AvgIpc) is 2.64. The lowest BCUT2D eigenvalue weighted by Crippen LogP contribution is -2.41. The molecule has 0 aliphatic carbocycles. The smallest absolute Gasteiger partial charge is 0.227 e. The number of benzene rings is 2. The molecule has 1 heterocycles. The highest BCUT2D eigenvalue weighted by Crippen LogP contribution is 2.24. The van der Waals surface area contributed by atoms with Gasteiger partial charge in [0.05, 0.1) is 5.75 Å². The van der Waals surface area contributed by atoms with Crippen molar-refractivity contribution in [2.75, 3.05) is 18.4 Å². The van der Waals surface area contributed by atoms with Gasteiger partial charge in [0.25, 0.3) is 0 Å². The van der Waals surface area contributed by atoms with Gasteiger partial charge in [0.1, 0.15) is 0 Å². The molecule has 2 aromatic rings. The number of sulfonamides is 1. The third kappa shape index (κ3) is 5.13. The number of carbonyl (C=O) groups excluding carboxylic acids is 1. The van der Waals surface area contributed by atoms with E-state index in [1.165, 1.54) is 9.87 Å². The molecule has 150 valence electrons. The SMILES string of the molecule is Cc1ccc(NC(=O)C2CCN(S(=O)(=O)Cc3cccc(Cl)c3)CC2)cc1C. The van der Waals surface area contributed by atoms with Gasteiger partial charge in [-0.15, -0.1) is 0 Å². The van der Waals surface area contributed by atoms with Gasteiger partial charge in [0.15, 0.2) is 0 Å². The maximum Gasteiger partial charge on any atom is 0.227 e. The quantitative estimate of drug-likeness (QED) is 0.790. The van der Waals surface area contributed by atoms with Crippen molar-refractivity contribution in [3.63, 3.8) is 0 Å². The van der Waals surface area contributed by atoms with Crippen LogP contribution in [0.15, 0.2) is 42.5 Å². The molecule has 1 aliphatic rings. The molecule has 0 radical (unpaired) electrons. The maximum atomic E-state index is 12.7. The van der Waals surface area contributed by atoms with E-state index in [4.69, 9.17) is 11.6 Å². The predicted octanol–water partition coefficient (Wildman–Crippen LogP) is 4.14. The monoisotopic (exact) mass is 420 g/mol. The van der Waals surface area contributed by atoms with E-state index >= 15 is 0 Å². The van der Waals surface area contributed by atoms with Crippen molar-refractivity contribution < 1.29 is 13.2 Å². The molecule has 1 saturated heterocycles. The minimum atomic E-state index is -3.43. The Morgan fingerprint density at radius 1 is 1.11 bits per heavy atom. The van der Waals surface area contributed by atoms with Crippen LogP contribution in [0.25, 0.3) is 0 Å². The third-order valence-electron chi connectivity index (χ3n) is 5.23. The van der Waals surface area contributed by atoms with Gasteiger partial charge >= 0.3 is 0 Å². The summed E-state index contributed by atoms with van der Waals surface area (Å²) in [6.45, 7) is 4.75. The normalized spacial score (nSPS) is 16.1. The van der Waals surface area contributed by atoms with Gasteiger partial charge in [0, 0.05) is 29.7 Å². The predicted molar refractivity (Wildman–Crippen MR) is 113 cm³/mol. The summed E-state index contributed by atoms with van der Waals surface area (Å²) < 4.78 is 26.9. The molecule has 5 nitrogen and oxygen atoms in total. The van der Waals surface area contributed by atoms with Crippen LogP contribution in [0, 0.1) is 19.8 Å². The molecule has 0 aromatic heterocycles. The fourth-order valence-corrected chi connectivity index (χ4v) is 5.15. The van der Waals surface area contributed by atoms with Crippen LogP contribution in [0.2, 0.25) is 5.02 Å². The Hall–Kier alpha value is -1.89. The zero-order valence-corrected chi connectivity index (χ0v) is 17.7. The maximum absolute atomic E-state index is 12.7. The molecule has 1 fully saturated rings. The Balaban J connectivity index is 1.57. The molecule has 1 amide bonds. The summed E-state index contributed by atoms with van der Waals surface area (Å²) in [4.78, 5) is 12.6. The molecule has 28 heavy (non-hydrogen) atoms. The second-order valence-corrected chi connectivity index (χ2v) is 9.75. The number of nitrogens with zero attached hydrogens (tertiary/aromatic N) is 1. The lowest BCUT2D eigenvalue weighted by molar-refractivity contribution is -0.120. The van der Waals surface area contributed by atoms with Gasteiger partial charge in [-0.25, -0.2) is 12.7 Å². The number of rotatable bonds is 5. The minimum Gasteiger partial charge on any atom is -0.326 e. The van der Waals surface area contributed by atoms with E-state index in [0.29, 0.717) is 36.5 Å². The van der Waals surface area contributed by atoms with Crippen LogP contribution in [0.1, 0.15) is 29.5 Å². The Labute approximate surface area is 171 Å². The average molecular weight is 421 g/mol. The Kier molecular flexibility index (Phi) is 6.43. The topological polar surface area (TPSA) is 66.5 Å². The molecule has 0 unspecified atom stereocenters. The lowest BCUT2D eigenvalue weighted by atomic mass is 9.97. The van der Waals surface area contributed by atoms with E-state index in [9.17, 15) is 13.2 Å². The molecule has 7 heteroatoms. The Bertz CT molecular complexity index is 967. The Morgan fingerprint density at radius 2 is 1.82 bits per heavy atom. The van der Waals surface area contributed by atoms with Crippen LogP contribution >= 0.6 is 11.6 Å². The molecule has 2 aromatic carbocycles. The fourth-order valence-electron chi connectivity index (χ4n) is 3.39. The van der Waals surface area contributed by atoms with E-state index in [2.05, 4.69) is 5.32 Å². The summed E-state index contributed by atoms with van der Waals surface area (Å²) in [7, 11) is -3.43. The molecule has 1 N–H and O–H groups in total. The first-order valence-electron chi connectivity index (χ1n) is 9.35. The molecule has 0 bridgehead atoms. The van der Waals surface area contributed by atoms with Crippen molar-refractivity contribution in [2.24, 2.45) is 5.92 Å². The highest BCUT2D eigenvalue weighted by Gasteiger charge is 2.31. The van der Waals surface area contributed by atoms with Gasteiger partial charge in [-0.2, -0.15) is 0 Å². The fraction of sp³-hybridized carbons (Fsp3) is 0.381. The number of hydrogen-bond donors (Lipinski definition) is 1. The number of aryl methyl sites for hydroxylation is 2. The number of carbonyl (C=O) groups is 1. The van der Waals surface area contributed by atoms with E-state index in [1.54, 1.807) is 24.3 Å². The molecular formula is C21H25ClN2O3S. The number of nitrogens with one attached hydrogen (secondary N) is 1. The van der Waals surface area contributed by atoms with Gasteiger partial charge in [-0.1, -0.05) is 29.8 Å². The molecular weight excluding hydrogens is 396 g/mol. The number of anilines is 1. The summed E-state index contributed by atoms with van der Waals surface area (Å²) in [5, 5.41) is 3.48. The second-order valence-electron chi connectivity index (χ2n) is 7.35. The molecule has 0 spiro atoms. The number of halogens is 1. The summed E-state index contributed by atoms with van der Waals surface area (Å²) in [6.07, 6.45) is 1.04. The van der Waals surface area contributed by atoms with Gasteiger partial charge < -0.3 is 5.32 Å². The second kappa shape index (κ2) is 8.64. The van der Waals surface area contributed by atoms with Crippen molar-refractivity contribution in [2.45, 2.75) is 32.4 Å². The first-order valence-corrected chi connectivity index (χ1v) is 11.3. The van der Waals surface area contributed by atoms with E-state index in [-0.39, 0.29) is 17.6 Å². The van der Waals surface area contributed by atoms with Crippen LogP contribution in [-0.4, -0.2) is 31.7 Å². The first kappa shape index (κ1) is 20.8. The number of piperidine rings is 1. The van der Waals surface area contributed by atoms with Crippen LogP contribution in [-0.2, 0) is 20.6 Å². The van der Waals surface area contributed by atoms with Crippen molar-refractivity contribution >= 4 is 33.2 Å². The molecule has 0 atom stereocenters. The zero-order chi connectivity index (χ0) is 20.3. The lowest BCUT2D eigenvalue weighted by Gasteiger charge is -2.30. The number of amides is 1. The van der Waals surface area contributed by atoms with Crippen molar-refractivity contribution in [3.8, 4) is 0 Å². The first-order chi connectivity index (χ1) is 13.2.